The molecule has 1 unspecified atom stereocenters. The summed E-state index contributed by atoms with van der Waals surface area (Å²) in [6, 6.07) is 7.27. The minimum atomic E-state index is -0.610. The highest BCUT2D eigenvalue weighted by molar-refractivity contribution is 6.30. The number of rotatable bonds is 2. The fraction of sp³-hybridized carbons (Fsp3) is 0.357. The van der Waals surface area contributed by atoms with Gasteiger partial charge in [-0.25, -0.2) is 4.79 Å². The Morgan fingerprint density at radius 1 is 1.37 bits per heavy atom. The number of ether oxygens (including phenoxy) is 2. The van der Waals surface area contributed by atoms with Gasteiger partial charge in [0.15, 0.2) is 5.88 Å². The van der Waals surface area contributed by atoms with Gasteiger partial charge >= 0.3 is 5.97 Å². The Bertz CT molecular complexity index is 534. The van der Waals surface area contributed by atoms with E-state index in [0.717, 1.165) is 5.56 Å². The van der Waals surface area contributed by atoms with Crippen LogP contribution in [0.15, 0.2) is 35.7 Å². The van der Waals surface area contributed by atoms with Gasteiger partial charge in [0.2, 0.25) is 0 Å². The van der Waals surface area contributed by atoms with Crippen LogP contribution >= 0.6 is 11.6 Å². The molecule has 0 aliphatic carbocycles. The van der Waals surface area contributed by atoms with Crippen LogP contribution in [0.25, 0.3) is 0 Å². The predicted molar refractivity (Wildman–Crippen MR) is 72.6 cm³/mol. The topological polar surface area (TPSA) is 61.5 Å². The second-order valence-electron chi connectivity index (χ2n) is 4.96. The first kappa shape index (κ1) is 13.7. The number of hydrogen-bond acceptors (Lipinski definition) is 4. The summed E-state index contributed by atoms with van der Waals surface area (Å²) in [4.78, 5) is 11.9. The van der Waals surface area contributed by atoms with E-state index in [-0.39, 0.29) is 11.8 Å². The lowest BCUT2D eigenvalue weighted by Crippen LogP contribution is -2.29. The molecule has 1 aromatic rings. The van der Waals surface area contributed by atoms with Crippen molar-refractivity contribution in [2.45, 2.75) is 25.4 Å². The molecule has 0 fully saturated rings. The minimum Gasteiger partial charge on any atom is -0.472 e. The molecule has 2 N–H and O–H groups in total. The molecule has 1 atom stereocenters. The van der Waals surface area contributed by atoms with Crippen LogP contribution in [0.4, 0.5) is 0 Å². The lowest BCUT2D eigenvalue weighted by molar-refractivity contribution is -0.136. The Morgan fingerprint density at radius 2 is 1.95 bits per heavy atom. The first-order valence-corrected chi connectivity index (χ1v) is 6.27. The second kappa shape index (κ2) is 4.78. The van der Waals surface area contributed by atoms with E-state index in [2.05, 4.69) is 0 Å². The maximum atomic E-state index is 11.9. The number of esters is 1. The van der Waals surface area contributed by atoms with Gasteiger partial charge in [0.1, 0.15) is 11.2 Å². The van der Waals surface area contributed by atoms with E-state index in [0.29, 0.717) is 10.6 Å². The molecule has 0 amide bonds. The summed E-state index contributed by atoms with van der Waals surface area (Å²) in [7, 11) is 1.33. The average Bonchev–Trinajstić information content (AvgIpc) is 2.59. The Labute approximate surface area is 117 Å². The summed E-state index contributed by atoms with van der Waals surface area (Å²) in [5, 5.41) is 0.636. The third kappa shape index (κ3) is 2.40. The normalized spacial score (nSPS) is 21.2. The monoisotopic (exact) mass is 281 g/mol. The fourth-order valence-corrected chi connectivity index (χ4v) is 2.56. The SMILES string of the molecule is COC(=O)C1=C(N)OC(C)(C)C1c1ccc(Cl)cc1. The van der Waals surface area contributed by atoms with Crippen molar-refractivity contribution >= 4 is 17.6 Å². The van der Waals surface area contributed by atoms with Crippen LogP contribution < -0.4 is 5.73 Å². The quantitative estimate of drug-likeness (QED) is 0.847. The molecule has 0 saturated carbocycles. The molecule has 19 heavy (non-hydrogen) atoms. The Hall–Kier alpha value is -1.68. The maximum absolute atomic E-state index is 11.9. The van der Waals surface area contributed by atoms with Crippen molar-refractivity contribution in [1.82, 2.24) is 0 Å². The highest BCUT2D eigenvalue weighted by Gasteiger charge is 2.46. The third-order valence-corrected chi connectivity index (χ3v) is 3.48. The van der Waals surface area contributed by atoms with Crippen molar-refractivity contribution in [2.24, 2.45) is 5.73 Å². The van der Waals surface area contributed by atoms with Gasteiger partial charge in [-0.3, -0.25) is 0 Å². The molecule has 2 rings (SSSR count). The van der Waals surface area contributed by atoms with Gasteiger partial charge in [0.25, 0.3) is 0 Å². The van der Waals surface area contributed by atoms with E-state index in [1.54, 1.807) is 12.1 Å². The summed E-state index contributed by atoms with van der Waals surface area (Å²) < 4.78 is 10.4. The molecule has 102 valence electrons. The Morgan fingerprint density at radius 3 is 2.47 bits per heavy atom. The van der Waals surface area contributed by atoms with Crippen molar-refractivity contribution in [2.75, 3.05) is 7.11 Å². The number of benzene rings is 1. The van der Waals surface area contributed by atoms with Crippen molar-refractivity contribution in [1.29, 1.82) is 0 Å². The van der Waals surface area contributed by atoms with E-state index in [1.165, 1.54) is 7.11 Å². The summed E-state index contributed by atoms with van der Waals surface area (Å²) in [5.41, 5.74) is 6.48. The van der Waals surface area contributed by atoms with Crippen molar-refractivity contribution in [3.63, 3.8) is 0 Å². The zero-order valence-electron chi connectivity index (χ0n) is 11.1. The molecule has 0 bridgehead atoms. The van der Waals surface area contributed by atoms with Crippen LogP contribution in [0.2, 0.25) is 5.02 Å². The molecular formula is C14H16ClNO3. The molecule has 1 aliphatic rings. The smallest absolute Gasteiger partial charge is 0.339 e. The molecule has 1 heterocycles. The van der Waals surface area contributed by atoms with Gasteiger partial charge in [0.05, 0.1) is 13.0 Å². The van der Waals surface area contributed by atoms with Crippen LogP contribution in [0, 0.1) is 0 Å². The zero-order chi connectivity index (χ0) is 14.2. The number of methoxy groups -OCH3 is 1. The first-order chi connectivity index (χ1) is 8.86. The molecule has 0 radical (unpaired) electrons. The minimum absolute atomic E-state index is 0.122. The van der Waals surface area contributed by atoms with Crippen molar-refractivity contribution in [3.05, 3.63) is 46.3 Å². The lowest BCUT2D eigenvalue weighted by Gasteiger charge is -2.27. The van der Waals surface area contributed by atoms with E-state index in [9.17, 15) is 4.79 Å². The van der Waals surface area contributed by atoms with Crippen LogP contribution in [0.1, 0.15) is 25.3 Å². The zero-order valence-corrected chi connectivity index (χ0v) is 11.8. The van der Waals surface area contributed by atoms with Gasteiger partial charge in [0, 0.05) is 5.02 Å². The van der Waals surface area contributed by atoms with E-state index < -0.39 is 11.6 Å². The van der Waals surface area contributed by atoms with E-state index in [4.69, 9.17) is 26.8 Å². The number of carbonyl (C=O) groups is 1. The largest absolute Gasteiger partial charge is 0.472 e. The Balaban J connectivity index is 2.50. The van der Waals surface area contributed by atoms with Gasteiger partial charge in [-0.2, -0.15) is 0 Å². The molecule has 0 saturated heterocycles. The summed E-state index contributed by atoms with van der Waals surface area (Å²) in [6.45, 7) is 3.77. The van der Waals surface area contributed by atoms with E-state index >= 15 is 0 Å². The number of nitrogens with two attached hydrogens (primary N) is 1. The standard InChI is InChI=1S/C14H16ClNO3/c1-14(2)11(8-4-6-9(15)7-5-8)10(12(16)19-14)13(17)18-3/h4-7,11H,16H2,1-3H3. The predicted octanol–water partition coefficient (Wildman–Crippen LogP) is 2.58. The maximum Gasteiger partial charge on any atom is 0.339 e. The fourth-order valence-electron chi connectivity index (χ4n) is 2.44. The molecule has 1 aliphatic heterocycles. The van der Waals surface area contributed by atoms with Crippen LogP contribution in [0.5, 0.6) is 0 Å². The van der Waals surface area contributed by atoms with Crippen molar-refractivity contribution in [3.8, 4) is 0 Å². The van der Waals surface area contributed by atoms with Crippen LogP contribution in [0.3, 0.4) is 0 Å². The lowest BCUT2D eigenvalue weighted by atomic mass is 9.81. The molecule has 4 nitrogen and oxygen atoms in total. The third-order valence-electron chi connectivity index (χ3n) is 3.23. The molecule has 5 heteroatoms. The van der Waals surface area contributed by atoms with Gasteiger partial charge < -0.3 is 15.2 Å². The molecule has 0 spiro atoms. The van der Waals surface area contributed by atoms with Crippen LogP contribution in [-0.4, -0.2) is 18.7 Å². The van der Waals surface area contributed by atoms with Gasteiger partial charge in [-0.05, 0) is 31.5 Å². The van der Waals surface area contributed by atoms with Gasteiger partial charge in [-0.15, -0.1) is 0 Å². The number of halogens is 1. The summed E-state index contributed by atoms with van der Waals surface area (Å²) in [6.07, 6.45) is 0. The number of hydrogen-bond donors (Lipinski definition) is 1. The summed E-state index contributed by atoms with van der Waals surface area (Å²) in [5.74, 6) is -0.628. The Kier molecular flexibility index (Phi) is 3.45. The number of carbonyl (C=O) groups excluding carboxylic acids is 1. The second-order valence-corrected chi connectivity index (χ2v) is 5.40. The highest BCUT2D eigenvalue weighted by atomic mass is 35.5. The molecule has 0 aromatic heterocycles. The van der Waals surface area contributed by atoms with E-state index in [1.807, 2.05) is 26.0 Å². The summed E-state index contributed by atoms with van der Waals surface area (Å²) >= 11 is 5.88. The first-order valence-electron chi connectivity index (χ1n) is 5.89. The average molecular weight is 282 g/mol. The molecular weight excluding hydrogens is 266 g/mol. The van der Waals surface area contributed by atoms with Crippen molar-refractivity contribution < 1.29 is 14.3 Å². The highest BCUT2D eigenvalue weighted by Crippen LogP contribution is 2.45. The van der Waals surface area contributed by atoms with Gasteiger partial charge in [-0.1, -0.05) is 23.7 Å². The van der Waals surface area contributed by atoms with Crippen LogP contribution in [-0.2, 0) is 14.3 Å². The molecule has 1 aromatic carbocycles.